The molecular weight excluding hydrogens is 340 g/mol. The minimum absolute atomic E-state index is 0.0332. The van der Waals surface area contributed by atoms with Crippen LogP contribution >= 0.6 is 0 Å². The molecule has 0 rings (SSSR count). The zero-order valence-electron chi connectivity index (χ0n) is 16.3. The molecule has 0 aromatic carbocycles. The average Bonchev–Trinajstić information content (AvgIpc) is 2.65. The van der Waals surface area contributed by atoms with Crippen LogP contribution in [-0.2, 0) is 28.5 Å². The number of hydrogen-bond donors (Lipinski definition) is 2. The fourth-order valence-corrected chi connectivity index (χ4v) is 1.91. The van der Waals surface area contributed by atoms with E-state index in [0.29, 0.717) is 65.7 Å². The van der Waals surface area contributed by atoms with E-state index in [9.17, 15) is 9.59 Å². The number of carbonyl (C=O) groups excluding carboxylic acids is 2. The zero-order chi connectivity index (χ0) is 19.3. The van der Waals surface area contributed by atoms with E-state index in [4.69, 9.17) is 18.9 Å². The lowest BCUT2D eigenvalue weighted by atomic mass is 10.2. The van der Waals surface area contributed by atoms with Crippen LogP contribution in [0.3, 0.4) is 0 Å². The van der Waals surface area contributed by atoms with Crippen molar-refractivity contribution < 1.29 is 28.5 Å². The molecule has 0 saturated carbocycles. The van der Waals surface area contributed by atoms with Crippen molar-refractivity contribution in [3.63, 3.8) is 0 Å². The summed E-state index contributed by atoms with van der Waals surface area (Å²) in [5.74, 6) is 0.00195. The van der Waals surface area contributed by atoms with E-state index in [2.05, 4.69) is 17.6 Å². The van der Waals surface area contributed by atoms with E-state index in [1.54, 1.807) is 7.05 Å². The van der Waals surface area contributed by atoms with Gasteiger partial charge in [-0.2, -0.15) is 0 Å². The normalized spacial score (nSPS) is 10.7. The summed E-state index contributed by atoms with van der Waals surface area (Å²) in [6.07, 6.45) is 4.07. The van der Waals surface area contributed by atoms with Crippen molar-refractivity contribution in [2.45, 2.75) is 39.0 Å². The van der Waals surface area contributed by atoms with Crippen molar-refractivity contribution in [2.75, 3.05) is 66.4 Å². The van der Waals surface area contributed by atoms with E-state index in [0.717, 1.165) is 25.8 Å². The highest BCUT2D eigenvalue weighted by molar-refractivity contribution is 5.76. The number of carbonyl (C=O) groups is 2. The van der Waals surface area contributed by atoms with Gasteiger partial charge in [-0.25, -0.2) is 0 Å². The van der Waals surface area contributed by atoms with E-state index in [-0.39, 0.29) is 11.8 Å². The highest BCUT2D eigenvalue weighted by Gasteiger charge is 2.00. The highest BCUT2D eigenvalue weighted by atomic mass is 16.6. The van der Waals surface area contributed by atoms with Crippen molar-refractivity contribution >= 4 is 11.8 Å². The summed E-state index contributed by atoms with van der Waals surface area (Å²) in [5.41, 5.74) is 0. The number of amides is 2. The Hall–Kier alpha value is -1.22. The molecule has 0 aromatic rings. The van der Waals surface area contributed by atoms with Crippen LogP contribution in [0.5, 0.6) is 0 Å². The number of nitrogens with one attached hydrogen (secondary N) is 2. The van der Waals surface area contributed by atoms with Crippen LogP contribution in [0.4, 0.5) is 0 Å². The van der Waals surface area contributed by atoms with Crippen LogP contribution in [0.1, 0.15) is 39.0 Å². The highest BCUT2D eigenvalue weighted by Crippen LogP contribution is 1.92. The third-order valence-corrected chi connectivity index (χ3v) is 3.44. The van der Waals surface area contributed by atoms with Gasteiger partial charge in [-0.1, -0.05) is 19.8 Å². The summed E-state index contributed by atoms with van der Waals surface area (Å²) >= 11 is 0. The Balaban J connectivity index is 3.13. The molecule has 2 N–H and O–H groups in total. The first-order valence-corrected chi connectivity index (χ1v) is 9.49. The number of hydrogen-bond acceptors (Lipinski definition) is 6. The topological polar surface area (TPSA) is 95.1 Å². The molecule has 154 valence electrons. The summed E-state index contributed by atoms with van der Waals surface area (Å²) in [6.45, 7) is 6.53. The fraction of sp³-hybridized carbons (Fsp3) is 0.889. The maximum Gasteiger partial charge on any atom is 0.222 e. The van der Waals surface area contributed by atoms with Crippen LogP contribution in [0.2, 0.25) is 0 Å². The largest absolute Gasteiger partial charge is 0.379 e. The molecule has 2 amide bonds. The van der Waals surface area contributed by atoms with E-state index in [1.165, 1.54) is 0 Å². The second kappa shape index (κ2) is 20.1. The monoisotopic (exact) mass is 376 g/mol. The molecule has 8 nitrogen and oxygen atoms in total. The lowest BCUT2D eigenvalue weighted by Gasteiger charge is -2.08. The molecule has 0 unspecified atom stereocenters. The first-order chi connectivity index (χ1) is 12.7. The predicted octanol–water partition coefficient (Wildman–Crippen LogP) is 0.885. The van der Waals surface area contributed by atoms with E-state index in [1.807, 2.05) is 0 Å². The van der Waals surface area contributed by atoms with Gasteiger partial charge in [0.15, 0.2) is 0 Å². The van der Waals surface area contributed by atoms with Gasteiger partial charge >= 0.3 is 0 Å². The van der Waals surface area contributed by atoms with Gasteiger partial charge in [0.1, 0.15) is 0 Å². The van der Waals surface area contributed by atoms with Crippen molar-refractivity contribution in [1.82, 2.24) is 10.6 Å². The summed E-state index contributed by atoms with van der Waals surface area (Å²) < 4.78 is 21.3. The Morgan fingerprint density at radius 1 is 0.692 bits per heavy atom. The van der Waals surface area contributed by atoms with Gasteiger partial charge in [-0.05, 0) is 6.42 Å². The Morgan fingerprint density at radius 2 is 1.15 bits per heavy atom. The van der Waals surface area contributed by atoms with Gasteiger partial charge in [0.2, 0.25) is 11.8 Å². The molecule has 0 aromatic heterocycles. The van der Waals surface area contributed by atoms with Crippen molar-refractivity contribution in [1.29, 1.82) is 0 Å². The summed E-state index contributed by atoms with van der Waals surface area (Å²) in [5, 5.41) is 5.40. The minimum atomic E-state index is -0.0332. The fourth-order valence-electron chi connectivity index (χ4n) is 1.91. The summed E-state index contributed by atoms with van der Waals surface area (Å²) in [4.78, 5) is 22.4. The SMILES string of the molecule is CCCCCNC(=O)CCOCCOCCOCCOCCC(=O)NC. The zero-order valence-corrected chi connectivity index (χ0v) is 16.3. The van der Waals surface area contributed by atoms with Crippen molar-refractivity contribution in [3.05, 3.63) is 0 Å². The van der Waals surface area contributed by atoms with Gasteiger partial charge in [0, 0.05) is 26.4 Å². The molecule has 8 heteroatoms. The Morgan fingerprint density at radius 3 is 1.62 bits per heavy atom. The summed E-state index contributed by atoms with van der Waals surface area (Å²) in [6, 6.07) is 0. The molecule has 0 atom stereocenters. The lowest BCUT2D eigenvalue weighted by molar-refractivity contribution is -0.123. The lowest BCUT2D eigenvalue weighted by Crippen LogP contribution is -2.25. The maximum atomic E-state index is 11.5. The Kier molecular flexibility index (Phi) is 19.2. The van der Waals surface area contributed by atoms with Crippen LogP contribution in [0.15, 0.2) is 0 Å². The molecule has 0 bridgehead atoms. The molecule has 0 radical (unpaired) electrons. The summed E-state index contributed by atoms with van der Waals surface area (Å²) in [7, 11) is 1.60. The maximum absolute atomic E-state index is 11.5. The smallest absolute Gasteiger partial charge is 0.222 e. The number of ether oxygens (including phenoxy) is 4. The first kappa shape index (κ1) is 24.8. The van der Waals surface area contributed by atoms with Gasteiger partial charge in [-0.3, -0.25) is 9.59 Å². The third-order valence-electron chi connectivity index (χ3n) is 3.44. The molecule has 0 aliphatic carbocycles. The van der Waals surface area contributed by atoms with Crippen LogP contribution in [0.25, 0.3) is 0 Å². The van der Waals surface area contributed by atoms with Crippen molar-refractivity contribution in [2.24, 2.45) is 0 Å². The van der Waals surface area contributed by atoms with Gasteiger partial charge in [0.25, 0.3) is 0 Å². The second-order valence-electron chi connectivity index (χ2n) is 5.68. The van der Waals surface area contributed by atoms with Crippen LogP contribution < -0.4 is 10.6 Å². The van der Waals surface area contributed by atoms with Gasteiger partial charge in [0.05, 0.1) is 52.9 Å². The van der Waals surface area contributed by atoms with E-state index >= 15 is 0 Å². The molecule has 0 heterocycles. The molecule has 0 saturated heterocycles. The molecular formula is C18H36N2O6. The molecule has 0 spiro atoms. The quantitative estimate of drug-likeness (QED) is 0.325. The molecule has 0 aliphatic heterocycles. The van der Waals surface area contributed by atoms with Crippen LogP contribution in [-0.4, -0.2) is 78.3 Å². The minimum Gasteiger partial charge on any atom is -0.379 e. The molecule has 26 heavy (non-hydrogen) atoms. The van der Waals surface area contributed by atoms with Crippen molar-refractivity contribution in [3.8, 4) is 0 Å². The predicted molar refractivity (Wildman–Crippen MR) is 99.1 cm³/mol. The number of rotatable bonds is 19. The van der Waals surface area contributed by atoms with E-state index < -0.39 is 0 Å². The number of unbranched alkanes of at least 4 members (excludes halogenated alkanes) is 2. The van der Waals surface area contributed by atoms with Gasteiger partial charge in [-0.15, -0.1) is 0 Å². The Labute approximate surface area is 157 Å². The average molecular weight is 376 g/mol. The standard InChI is InChI=1S/C18H36N2O6/c1-3-4-5-8-20-18(22)7-10-24-12-14-26-16-15-25-13-11-23-9-6-17(21)19-2/h3-16H2,1-2H3,(H,19,21)(H,20,22). The third kappa shape index (κ3) is 19.1. The van der Waals surface area contributed by atoms with Gasteiger partial charge < -0.3 is 29.6 Å². The second-order valence-corrected chi connectivity index (χ2v) is 5.68. The van der Waals surface area contributed by atoms with Crippen LogP contribution in [0, 0.1) is 0 Å². The molecule has 0 fully saturated rings. The first-order valence-electron chi connectivity index (χ1n) is 9.49. The Bertz CT molecular complexity index is 342. The molecule has 0 aliphatic rings.